The van der Waals surface area contributed by atoms with Crippen molar-refractivity contribution in [2.75, 3.05) is 13.7 Å². The van der Waals surface area contributed by atoms with Crippen LogP contribution in [0.1, 0.15) is 40.9 Å². The third-order valence-electron chi connectivity index (χ3n) is 4.39. The Labute approximate surface area is 124 Å². The van der Waals surface area contributed by atoms with Crippen molar-refractivity contribution in [3.05, 3.63) is 35.0 Å². The van der Waals surface area contributed by atoms with Crippen LogP contribution < -0.4 is 5.73 Å². The number of hydrogen-bond acceptors (Lipinski definition) is 3. The highest BCUT2D eigenvalue weighted by Crippen LogP contribution is 2.34. The van der Waals surface area contributed by atoms with Gasteiger partial charge in [-0.25, -0.2) is 4.79 Å². The molecule has 0 aliphatic heterocycles. The van der Waals surface area contributed by atoms with Crippen LogP contribution in [0.3, 0.4) is 0 Å². The van der Waals surface area contributed by atoms with Crippen LogP contribution in [0, 0.1) is 0 Å². The second-order valence-corrected chi connectivity index (χ2v) is 5.62. The molecule has 0 unspecified atom stereocenters. The van der Waals surface area contributed by atoms with Crippen molar-refractivity contribution < 1.29 is 9.53 Å². The second kappa shape index (κ2) is 5.90. The van der Waals surface area contributed by atoms with Gasteiger partial charge < -0.3 is 15.0 Å². The van der Waals surface area contributed by atoms with E-state index in [0.29, 0.717) is 12.1 Å². The predicted octanol–water partition coefficient (Wildman–Crippen LogP) is 2.66. The number of methoxy groups -OCH3 is 1. The first-order valence-electron chi connectivity index (χ1n) is 7.69. The van der Waals surface area contributed by atoms with Crippen molar-refractivity contribution in [1.82, 2.24) is 4.57 Å². The van der Waals surface area contributed by atoms with E-state index in [1.54, 1.807) is 0 Å². The Morgan fingerprint density at radius 3 is 2.90 bits per heavy atom. The molecule has 0 saturated carbocycles. The van der Waals surface area contributed by atoms with Crippen LogP contribution >= 0.6 is 0 Å². The SMILES string of the molecule is COC(=O)c1cccc2c3c(n(CCCN)c12)CCCC3. The molecule has 1 heterocycles. The van der Waals surface area contributed by atoms with Gasteiger partial charge in [-0.1, -0.05) is 12.1 Å². The van der Waals surface area contributed by atoms with Gasteiger partial charge in [0, 0.05) is 17.6 Å². The van der Waals surface area contributed by atoms with Crippen molar-refractivity contribution in [3.63, 3.8) is 0 Å². The Kier molecular flexibility index (Phi) is 3.97. The van der Waals surface area contributed by atoms with Crippen LogP contribution in [-0.2, 0) is 24.1 Å². The highest BCUT2D eigenvalue weighted by atomic mass is 16.5. The summed E-state index contributed by atoms with van der Waals surface area (Å²) in [4.78, 5) is 12.1. The molecule has 1 aromatic carbocycles. The summed E-state index contributed by atoms with van der Waals surface area (Å²) < 4.78 is 7.27. The van der Waals surface area contributed by atoms with Crippen LogP contribution in [0.25, 0.3) is 10.9 Å². The fourth-order valence-corrected chi connectivity index (χ4v) is 3.46. The predicted molar refractivity (Wildman–Crippen MR) is 83.6 cm³/mol. The van der Waals surface area contributed by atoms with E-state index in [4.69, 9.17) is 10.5 Å². The van der Waals surface area contributed by atoms with Crippen LogP contribution in [0.2, 0.25) is 0 Å². The number of hydrogen-bond donors (Lipinski definition) is 1. The quantitative estimate of drug-likeness (QED) is 0.879. The third kappa shape index (κ3) is 2.33. The number of ether oxygens (including phenoxy) is 1. The lowest BCUT2D eigenvalue weighted by Gasteiger charge is -2.16. The molecule has 0 amide bonds. The standard InChI is InChI=1S/C17H22N2O2/c1-21-17(20)14-8-4-7-13-12-6-2-3-9-15(12)19(16(13)14)11-5-10-18/h4,7-8H,2-3,5-6,9-11,18H2,1H3. The number of rotatable bonds is 4. The van der Waals surface area contributed by atoms with Gasteiger partial charge in [-0.15, -0.1) is 0 Å². The summed E-state index contributed by atoms with van der Waals surface area (Å²) in [7, 11) is 1.44. The molecule has 0 spiro atoms. The molecule has 0 atom stereocenters. The maximum Gasteiger partial charge on any atom is 0.340 e. The van der Waals surface area contributed by atoms with Crippen molar-refractivity contribution >= 4 is 16.9 Å². The Balaban J connectivity index is 2.26. The first-order valence-corrected chi connectivity index (χ1v) is 7.69. The zero-order chi connectivity index (χ0) is 14.8. The van der Waals surface area contributed by atoms with E-state index >= 15 is 0 Å². The minimum Gasteiger partial charge on any atom is -0.465 e. The Morgan fingerprint density at radius 2 is 2.14 bits per heavy atom. The first kappa shape index (κ1) is 14.1. The molecule has 2 N–H and O–H groups in total. The zero-order valence-electron chi connectivity index (χ0n) is 12.5. The lowest BCUT2D eigenvalue weighted by atomic mass is 9.95. The second-order valence-electron chi connectivity index (χ2n) is 5.62. The number of aromatic nitrogens is 1. The van der Waals surface area contributed by atoms with Crippen molar-refractivity contribution in [2.24, 2.45) is 5.73 Å². The number of carbonyl (C=O) groups excluding carboxylic acids is 1. The summed E-state index contributed by atoms with van der Waals surface area (Å²) in [6, 6.07) is 5.94. The summed E-state index contributed by atoms with van der Waals surface area (Å²) >= 11 is 0. The number of nitrogens with two attached hydrogens (primary N) is 1. The molecule has 3 rings (SSSR count). The number of aryl methyl sites for hydroxylation is 2. The maximum atomic E-state index is 12.1. The average molecular weight is 286 g/mol. The number of para-hydroxylation sites is 1. The van der Waals surface area contributed by atoms with Gasteiger partial charge in [-0.3, -0.25) is 0 Å². The smallest absolute Gasteiger partial charge is 0.340 e. The van der Waals surface area contributed by atoms with Gasteiger partial charge >= 0.3 is 5.97 Å². The van der Waals surface area contributed by atoms with E-state index in [-0.39, 0.29) is 5.97 Å². The number of esters is 1. The first-order chi connectivity index (χ1) is 10.3. The van der Waals surface area contributed by atoms with Gasteiger partial charge in [0.05, 0.1) is 18.2 Å². The third-order valence-corrected chi connectivity index (χ3v) is 4.39. The average Bonchev–Trinajstić information content (AvgIpc) is 2.86. The Bertz CT molecular complexity index is 673. The molecule has 0 saturated heterocycles. The molecule has 0 fully saturated rings. The van der Waals surface area contributed by atoms with E-state index in [0.717, 1.165) is 31.3 Å². The zero-order valence-corrected chi connectivity index (χ0v) is 12.5. The van der Waals surface area contributed by atoms with E-state index in [2.05, 4.69) is 10.6 Å². The topological polar surface area (TPSA) is 57.2 Å². The van der Waals surface area contributed by atoms with Gasteiger partial charge in [0.25, 0.3) is 0 Å². The van der Waals surface area contributed by atoms with Crippen LogP contribution in [0.4, 0.5) is 0 Å². The molecule has 1 aliphatic carbocycles. The number of nitrogens with zero attached hydrogens (tertiary/aromatic N) is 1. The highest BCUT2D eigenvalue weighted by molar-refractivity contribution is 6.04. The number of fused-ring (bicyclic) bond motifs is 3. The largest absolute Gasteiger partial charge is 0.465 e. The molecule has 4 heteroatoms. The summed E-state index contributed by atoms with van der Waals surface area (Å²) in [6.45, 7) is 1.53. The fourth-order valence-electron chi connectivity index (χ4n) is 3.46. The Morgan fingerprint density at radius 1 is 1.33 bits per heavy atom. The molecule has 1 aliphatic rings. The van der Waals surface area contributed by atoms with Crippen LogP contribution in [0.15, 0.2) is 18.2 Å². The van der Waals surface area contributed by atoms with Crippen molar-refractivity contribution in [2.45, 2.75) is 38.6 Å². The van der Waals surface area contributed by atoms with Crippen molar-refractivity contribution in [3.8, 4) is 0 Å². The van der Waals surface area contributed by atoms with Crippen molar-refractivity contribution in [1.29, 1.82) is 0 Å². The monoisotopic (exact) mass is 286 g/mol. The molecule has 0 bridgehead atoms. The van der Waals surface area contributed by atoms with E-state index in [1.807, 2.05) is 12.1 Å². The number of benzene rings is 1. The van der Waals surface area contributed by atoms with E-state index in [1.165, 1.54) is 36.6 Å². The summed E-state index contributed by atoms with van der Waals surface area (Å²) in [5, 5.41) is 1.21. The fraction of sp³-hybridized carbons (Fsp3) is 0.471. The van der Waals surface area contributed by atoms with Gasteiger partial charge in [0.1, 0.15) is 0 Å². The molecule has 4 nitrogen and oxygen atoms in total. The van der Waals surface area contributed by atoms with Crippen LogP contribution in [0.5, 0.6) is 0 Å². The molecule has 1 aromatic heterocycles. The van der Waals surface area contributed by atoms with Gasteiger partial charge in [0.2, 0.25) is 0 Å². The van der Waals surface area contributed by atoms with E-state index in [9.17, 15) is 4.79 Å². The summed E-state index contributed by atoms with van der Waals surface area (Å²) in [5.74, 6) is -0.260. The highest BCUT2D eigenvalue weighted by Gasteiger charge is 2.23. The lowest BCUT2D eigenvalue weighted by molar-refractivity contribution is 0.0602. The molecular formula is C17H22N2O2. The minimum atomic E-state index is -0.260. The molecular weight excluding hydrogens is 264 g/mol. The summed E-state index contributed by atoms with van der Waals surface area (Å²) in [6.07, 6.45) is 5.57. The van der Waals surface area contributed by atoms with E-state index < -0.39 is 0 Å². The van der Waals surface area contributed by atoms with Gasteiger partial charge in [0.15, 0.2) is 0 Å². The van der Waals surface area contributed by atoms with Gasteiger partial charge in [-0.05, 0) is 50.3 Å². The molecule has 0 radical (unpaired) electrons. The number of carbonyl (C=O) groups is 1. The normalized spacial score (nSPS) is 14.2. The maximum absolute atomic E-state index is 12.1. The van der Waals surface area contributed by atoms with Crippen LogP contribution in [-0.4, -0.2) is 24.2 Å². The minimum absolute atomic E-state index is 0.260. The summed E-state index contributed by atoms with van der Waals surface area (Å²) in [5.41, 5.74) is 10.2. The van der Waals surface area contributed by atoms with Gasteiger partial charge in [-0.2, -0.15) is 0 Å². The molecule has 112 valence electrons. The lowest BCUT2D eigenvalue weighted by Crippen LogP contribution is -2.12. The molecule has 21 heavy (non-hydrogen) atoms. The molecule has 2 aromatic rings. The Hall–Kier alpha value is -1.81.